The van der Waals surface area contributed by atoms with Gasteiger partial charge in [0.2, 0.25) is 5.91 Å². The predicted molar refractivity (Wildman–Crippen MR) is 159 cm³/mol. The molecule has 230 valence electrons. The summed E-state index contributed by atoms with van der Waals surface area (Å²) in [6.07, 6.45) is 6.09. The van der Waals surface area contributed by atoms with Crippen molar-refractivity contribution in [1.82, 2.24) is 5.32 Å². The summed E-state index contributed by atoms with van der Waals surface area (Å²) in [4.78, 5) is 41.8. The average molecular weight is 601 g/mol. The van der Waals surface area contributed by atoms with E-state index in [-0.39, 0.29) is 52.5 Å². The van der Waals surface area contributed by atoms with Gasteiger partial charge in [-0.2, -0.15) is 0 Å². The van der Waals surface area contributed by atoms with Gasteiger partial charge in [-0.15, -0.1) is 11.3 Å². The van der Waals surface area contributed by atoms with E-state index in [9.17, 15) is 19.5 Å². The molecule has 3 atom stereocenters. The quantitative estimate of drug-likeness (QED) is 0.397. The lowest BCUT2D eigenvalue weighted by Crippen LogP contribution is -2.49. The first kappa shape index (κ1) is 30.8. The van der Waals surface area contributed by atoms with Crippen molar-refractivity contribution in [2.75, 3.05) is 18.1 Å². The van der Waals surface area contributed by atoms with E-state index >= 15 is 0 Å². The van der Waals surface area contributed by atoms with Crippen molar-refractivity contribution in [2.45, 2.75) is 110 Å². The van der Waals surface area contributed by atoms with Crippen molar-refractivity contribution < 1.29 is 33.7 Å². The number of carbonyl (C=O) groups is 3. The maximum atomic E-state index is 14.1. The maximum absolute atomic E-state index is 14.1. The second kappa shape index (κ2) is 12.9. The molecular formula is C32H44N2O7S. The second-order valence-corrected chi connectivity index (χ2v) is 14.5. The van der Waals surface area contributed by atoms with Crippen LogP contribution >= 0.6 is 11.3 Å². The largest absolute Gasteiger partial charge is 0.477 e. The van der Waals surface area contributed by atoms with E-state index < -0.39 is 12.1 Å². The van der Waals surface area contributed by atoms with Gasteiger partial charge >= 0.3 is 12.1 Å². The number of nitrogens with zero attached hydrogens (tertiary/aromatic N) is 1. The Balaban J connectivity index is 1.30. The minimum absolute atomic E-state index is 0.0166. The highest BCUT2D eigenvalue weighted by Gasteiger charge is 2.44. The van der Waals surface area contributed by atoms with Crippen molar-refractivity contribution in [2.24, 2.45) is 23.2 Å². The highest BCUT2D eigenvalue weighted by atomic mass is 32.1. The van der Waals surface area contributed by atoms with Gasteiger partial charge in [-0.05, 0) is 90.5 Å². The molecule has 42 heavy (non-hydrogen) atoms. The molecule has 0 unspecified atom stereocenters. The first-order valence-corrected chi connectivity index (χ1v) is 16.2. The summed E-state index contributed by atoms with van der Waals surface area (Å²) in [7, 11) is 0. The molecule has 2 saturated carbocycles. The van der Waals surface area contributed by atoms with Crippen molar-refractivity contribution in [3.05, 3.63) is 15.8 Å². The molecule has 0 bridgehead atoms. The van der Waals surface area contributed by atoms with Crippen LogP contribution in [0.2, 0.25) is 0 Å². The number of rotatable bonds is 6. The van der Waals surface area contributed by atoms with Crippen LogP contribution in [-0.4, -0.2) is 60.8 Å². The van der Waals surface area contributed by atoms with E-state index in [2.05, 4.69) is 24.1 Å². The van der Waals surface area contributed by atoms with Crippen molar-refractivity contribution >= 4 is 35.0 Å². The normalized spacial score (nSPS) is 31.0. The standard InChI is InChI=1S/C32H44N2O7S/c1-19-5-7-20(8-6-19)28(35)34(25-17-23(13-15-32(2,3)4)42-27(25)29(36)37)22-11-9-21(10-12-22)33-31(38)41-26-18-40-30-24(26)14-16-39-30/h17,19-22,24,26,30H,5-12,14,16,18H2,1-4H3,(H,33,38)(H,36,37)/t19?,20?,21?,22?,24-,26-,30+/m0/s1. The van der Waals surface area contributed by atoms with E-state index in [1.807, 2.05) is 20.8 Å². The van der Waals surface area contributed by atoms with Crippen LogP contribution in [0, 0.1) is 35.0 Å². The molecule has 2 aliphatic carbocycles. The zero-order valence-electron chi connectivity index (χ0n) is 25.1. The van der Waals surface area contributed by atoms with Crippen LogP contribution in [0.1, 0.15) is 100 Å². The molecule has 5 rings (SSSR count). The minimum Gasteiger partial charge on any atom is -0.477 e. The Bertz CT molecular complexity index is 1210. The first-order chi connectivity index (χ1) is 20.0. The summed E-state index contributed by atoms with van der Waals surface area (Å²) in [6, 6.07) is 1.57. The summed E-state index contributed by atoms with van der Waals surface area (Å²) < 4.78 is 16.8. The minimum atomic E-state index is -1.04. The van der Waals surface area contributed by atoms with Crippen LogP contribution in [0.4, 0.5) is 10.5 Å². The monoisotopic (exact) mass is 600 g/mol. The fraction of sp³-hybridized carbons (Fsp3) is 0.719. The number of carboxylic acids is 1. The van der Waals surface area contributed by atoms with Crippen LogP contribution in [-0.2, 0) is 19.0 Å². The number of aromatic carboxylic acids is 1. The number of hydrogen-bond donors (Lipinski definition) is 2. The third-order valence-electron chi connectivity index (χ3n) is 8.96. The number of hydrogen-bond acceptors (Lipinski definition) is 7. The number of carbonyl (C=O) groups excluding carboxylic acids is 2. The zero-order chi connectivity index (χ0) is 30.0. The lowest BCUT2D eigenvalue weighted by atomic mass is 9.81. The molecule has 4 fully saturated rings. The number of anilines is 1. The third kappa shape index (κ3) is 7.29. The molecule has 1 aromatic rings. The van der Waals surface area contributed by atoms with Crippen molar-refractivity contribution in [3.8, 4) is 11.8 Å². The van der Waals surface area contributed by atoms with E-state index in [1.165, 1.54) is 0 Å². The molecule has 4 aliphatic rings. The number of amides is 2. The number of alkyl carbamates (subject to hydrolysis) is 1. The molecule has 0 spiro atoms. The fourth-order valence-electron chi connectivity index (χ4n) is 6.59. The SMILES string of the molecule is CC1CCC(C(=O)N(c2cc(C#CC(C)(C)C)sc2C(=O)O)C2CCC(NC(=O)O[C@H]3CO[C@H]4OCC[C@H]43)CC2)CC1. The van der Waals surface area contributed by atoms with Crippen molar-refractivity contribution in [3.63, 3.8) is 0 Å². The van der Waals surface area contributed by atoms with Crippen LogP contribution in [0.25, 0.3) is 0 Å². The second-order valence-electron chi connectivity index (χ2n) is 13.4. The number of carboxylic acid groups (broad SMARTS) is 1. The Hall–Kier alpha value is -2.61. The van der Waals surface area contributed by atoms with Gasteiger partial charge in [-0.1, -0.05) is 18.8 Å². The summed E-state index contributed by atoms with van der Waals surface area (Å²) in [5.74, 6) is 5.88. The molecule has 0 radical (unpaired) electrons. The van der Waals surface area contributed by atoms with Crippen molar-refractivity contribution in [1.29, 1.82) is 0 Å². The molecule has 9 nitrogen and oxygen atoms in total. The lowest BCUT2D eigenvalue weighted by molar-refractivity contribution is -0.124. The van der Waals surface area contributed by atoms with Gasteiger partial charge < -0.3 is 29.5 Å². The predicted octanol–water partition coefficient (Wildman–Crippen LogP) is 5.80. The highest BCUT2D eigenvalue weighted by molar-refractivity contribution is 7.15. The smallest absolute Gasteiger partial charge is 0.407 e. The molecule has 10 heteroatoms. The zero-order valence-corrected chi connectivity index (χ0v) is 26.0. The highest BCUT2D eigenvalue weighted by Crippen LogP contribution is 2.39. The van der Waals surface area contributed by atoms with Gasteiger partial charge in [0, 0.05) is 23.4 Å². The van der Waals surface area contributed by atoms with E-state index in [0.717, 1.165) is 43.4 Å². The molecule has 1 aromatic heterocycles. The average Bonchev–Trinajstić information content (AvgIpc) is 3.66. The van der Waals surface area contributed by atoms with Crippen LogP contribution in [0.15, 0.2) is 6.07 Å². The molecule has 2 aliphatic heterocycles. The molecule has 3 heterocycles. The molecule has 0 aromatic carbocycles. The third-order valence-corrected chi connectivity index (χ3v) is 9.98. The Morgan fingerprint density at radius 1 is 1.05 bits per heavy atom. The van der Waals surface area contributed by atoms with Gasteiger partial charge in [-0.25, -0.2) is 9.59 Å². The Morgan fingerprint density at radius 3 is 2.43 bits per heavy atom. The van der Waals surface area contributed by atoms with Gasteiger partial charge in [0.15, 0.2) is 6.29 Å². The summed E-state index contributed by atoms with van der Waals surface area (Å²) in [5.41, 5.74) is 0.228. The van der Waals surface area contributed by atoms with E-state index in [0.29, 0.717) is 55.4 Å². The topological polar surface area (TPSA) is 114 Å². The van der Waals surface area contributed by atoms with Gasteiger partial charge in [0.25, 0.3) is 0 Å². The van der Waals surface area contributed by atoms with Crippen LogP contribution in [0.5, 0.6) is 0 Å². The molecule has 2 saturated heterocycles. The summed E-state index contributed by atoms with van der Waals surface area (Å²) in [5, 5.41) is 13.2. The molecule has 2 amide bonds. The number of fused-ring (bicyclic) bond motifs is 1. The number of nitrogens with one attached hydrogen (secondary N) is 1. The first-order valence-electron chi connectivity index (χ1n) is 15.4. The molecule has 2 N–H and O–H groups in total. The van der Waals surface area contributed by atoms with Gasteiger partial charge in [0.1, 0.15) is 11.0 Å². The Morgan fingerprint density at radius 2 is 1.76 bits per heavy atom. The van der Waals surface area contributed by atoms with E-state index in [1.54, 1.807) is 11.0 Å². The molecular weight excluding hydrogens is 556 g/mol. The van der Waals surface area contributed by atoms with Crippen LogP contribution < -0.4 is 10.2 Å². The number of ether oxygens (including phenoxy) is 3. The summed E-state index contributed by atoms with van der Waals surface area (Å²) in [6.45, 7) is 9.22. The van der Waals surface area contributed by atoms with Crippen LogP contribution in [0.3, 0.4) is 0 Å². The fourth-order valence-corrected chi connectivity index (χ4v) is 7.43. The van der Waals surface area contributed by atoms with Gasteiger partial charge in [0.05, 0.1) is 29.7 Å². The summed E-state index contributed by atoms with van der Waals surface area (Å²) >= 11 is 1.14. The van der Waals surface area contributed by atoms with Gasteiger partial charge in [-0.3, -0.25) is 4.79 Å². The maximum Gasteiger partial charge on any atom is 0.407 e. The lowest BCUT2D eigenvalue weighted by Gasteiger charge is -2.39. The Kier molecular flexibility index (Phi) is 9.50. The number of thiophene rings is 1. The Labute approximate surface area is 252 Å². The van der Waals surface area contributed by atoms with E-state index in [4.69, 9.17) is 14.2 Å².